The Morgan fingerprint density at radius 1 is 0.310 bits per heavy atom. The summed E-state index contributed by atoms with van der Waals surface area (Å²) in [7, 11) is -11.4. The summed E-state index contributed by atoms with van der Waals surface area (Å²) in [6.45, 7) is 12.2. The first-order valence-corrected chi connectivity index (χ1v) is 26.7. The van der Waals surface area contributed by atoms with Crippen molar-refractivity contribution < 1.29 is 54.9 Å². The second-order valence-corrected chi connectivity index (χ2v) is 20.3. The molecule has 0 aromatic carbocycles. The van der Waals surface area contributed by atoms with Crippen molar-refractivity contribution in [2.75, 3.05) is 37.0 Å². The second kappa shape index (κ2) is 59.2. The van der Waals surface area contributed by atoms with Crippen LogP contribution in [0, 0.1) is 22.7 Å². The Labute approximate surface area is 371 Å². The van der Waals surface area contributed by atoms with E-state index in [1.807, 2.05) is 0 Å². The molecule has 0 spiro atoms. The third-order valence-electron chi connectivity index (χ3n) is 9.26. The molecule has 0 unspecified atom stereocenters. The van der Waals surface area contributed by atoms with Crippen LogP contribution in [0.1, 0.15) is 228 Å². The molecular weight excluding hydrogens is 886 g/mol. The summed E-state index contributed by atoms with van der Waals surface area (Å²) in [6.07, 6.45) is 52.7. The molecule has 0 N–H and O–H groups in total. The van der Waals surface area contributed by atoms with E-state index in [2.05, 4.69) is 27.7 Å². The van der Waals surface area contributed by atoms with Crippen LogP contribution in [0.25, 0.3) is 0 Å². The minimum Gasteiger partial charge on any atom is -0.418 e. The maximum Gasteiger partial charge on any atom is 2.00 e. The predicted octanol–water partition coefficient (Wildman–Crippen LogP) is 19.0. The van der Waals surface area contributed by atoms with Crippen LogP contribution >= 0.6 is 15.8 Å². The molecule has 0 bridgehead atoms. The Morgan fingerprint density at radius 2 is 0.431 bits per heavy atom. The van der Waals surface area contributed by atoms with Crippen molar-refractivity contribution >= 4 is 30.4 Å². The third kappa shape index (κ3) is 96.1. The SMILES string of the molecule is CC#N.CC#N.CCCCCCCCCP(CCCCCCCCC)CCCP(CCCCCCCCC)CCCCCCCCC.F[B-](F)(F)F.F[B-](F)(F)F.[Pd+2]. The van der Waals surface area contributed by atoms with Gasteiger partial charge in [0.05, 0.1) is 12.1 Å². The summed E-state index contributed by atoms with van der Waals surface area (Å²) in [4.78, 5) is 0. The van der Waals surface area contributed by atoms with Gasteiger partial charge in [-0.2, -0.15) is 10.5 Å². The molecule has 2 nitrogen and oxygen atoms in total. The van der Waals surface area contributed by atoms with E-state index in [9.17, 15) is 34.5 Å². The minimum absolute atomic E-state index is 0. The third-order valence-corrected chi connectivity index (χ3v) is 15.0. The van der Waals surface area contributed by atoms with Crippen molar-refractivity contribution in [1.29, 1.82) is 10.5 Å². The van der Waals surface area contributed by atoms with Crippen LogP contribution in [-0.4, -0.2) is 51.5 Å². The van der Waals surface area contributed by atoms with Crippen molar-refractivity contribution in [3.05, 3.63) is 0 Å². The van der Waals surface area contributed by atoms with Gasteiger partial charge in [-0.05, 0) is 69.1 Å². The van der Waals surface area contributed by atoms with E-state index in [4.69, 9.17) is 10.5 Å². The van der Waals surface area contributed by atoms with Gasteiger partial charge < -0.3 is 34.5 Å². The smallest absolute Gasteiger partial charge is 0.418 e. The Bertz CT molecular complexity index is 709. The van der Waals surface area contributed by atoms with Crippen molar-refractivity contribution in [3.63, 3.8) is 0 Å². The van der Waals surface area contributed by atoms with Crippen molar-refractivity contribution in [2.45, 2.75) is 228 Å². The van der Waals surface area contributed by atoms with Crippen molar-refractivity contribution in [3.8, 4) is 12.1 Å². The van der Waals surface area contributed by atoms with E-state index in [1.165, 1.54) is 168 Å². The van der Waals surface area contributed by atoms with Crippen molar-refractivity contribution in [1.82, 2.24) is 0 Å². The Kier molecular flexibility index (Phi) is 71.2. The van der Waals surface area contributed by atoms with Gasteiger partial charge in [-0.3, -0.25) is 0 Å². The van der Waals surface area contributed by atoms with Gasteiger partial charge in [0, 0.05) is 13.8 Å². The summed E-state index contributed by atoms with van der Waals surface area (Å²) < 4.78 is 78.0. The number of nitriles is 2. The molecule has 0 fully saturated rings. The topological polar surface area (TPSA) is 47.6 Å². The summed E-state index contributed by atoms with van der Waals surface area (Å²) >= 11 is 0. The normalized spacial score (nSPS) is 10.7. The summed E-state index contributed by atoms with van der Waals surface area (Å²) in [5, 5.41) is 14.6. The maximum absolute atomic E-state index is 9.75. The Balaban J connectivity index is -0.000000335. The number of halogens is 8. The van der Waals surface area contributed by atoms with Crippen LogP contribution < -0.4 is 0 Å². The van der Waals surface area contributed by atoms with Gasteiger partial charge >= 0.3 is 34.9 Å². The number of hydrogen-bond donors (Lipinski definition) is 0. The fourth-order valence-corrected chi connectivity index (χ4v) is 11.8. The number of nitrogens with zero attached hydrogens (tertiary/aromatic N) is 2. The van der Waals surface area contributed by atoms with Crippen LogP contribution in [0.4, 0.5) is 34.5 Å². The standard InChI is InChI=1S/C39H82P2.2C2H3N.2BF4.Pd/c1-5-9-13-17-21-25-29-34-40(35-30-26-22-18-14-10-6-2)38-33-39-41(36-31-27-23-19-15-11-7-3)37-32-28-24-20-16-12-8-4;2*1-2-3;2*2-1(3,4)5;/h5-39H2,1-4H3;2*1H3;;;/q;;;2*-1;+2. The van der Waals surface area contributed by atoms with Gasteiger partial charge in [0.1, 0.15) is 0 Å². The second-order valence-electron chi connectivity index (χ2n) is 15.0. The number of rotatable bonds is 36. The van der Waals surface area contributed by atoms with Crippen LogP contribution in [0.2, 0.25) is 0 Å². The van der Waals surface area contributed by atoms with Crippen molar-refractivity contribution in [2.24, 2.45) is 0 Å². The summed E-state index contributed by atoms with van der Waals surface area (Å²) in [5.41, 5.74) is 0. The maximum atomic E-state index is 9.75. The Hall–Kier alpha value is 0.0722. The summed E-state index contributed by atoms with van der Waals surface area (Å²) in [5.74, 6) is 0. The van der Waals surface area contributed by atoms with E-state index in [-0.39, 0.29) is 20.4 Å². The molecule has 0 saturated carbocycles. The molecule has 58 heavy (non-hydrogen) atoms. The van der Waals surface area contributed by atoms with Crippen LogP contribution in [0.15, 0.2) is 0 Å². The molecule has 0 aromatic heterocycles. The first-order chi connectivity index (χ1) is 27.1. The molecule has 0 saturated heterocycles. The average Bonchev–Trinajstić information content (AvgIpc) is 3.12. The molecule has 0 aliphatic carbocycles. The van der Waals surface area contributed by atoms with Gasteiger partial charge in [0.15, 0.2) is 0 Å². The monoisotopic (exact) mass is 975 g/mol. The molecule has 0 radical (unpaired) electrons. The molecule has 352 valence electrons. The zero-order valence-corrected chi connectivity index (χ0v) is 41.4. The Morgan fingerprint density at radius 3 is 0.586 bits per heavy atom. The zero-order valence-electron chi connectivity index (χ0n) is 38.0. The molecule has 0 rings (SSSR count). The molecular formula is C43H88B2F8N2P2Pd. The molecule has 15 heteroatoms. The van der Waals surface area contributed by atoms with E-state index in [1.54, 1.807) is 81.2 Å². The van der Waals surface area contributed by atoms with Gasteiger partial charge in [-0.25, -0.2) is 0 Å². The quantitative estimate of drug-likeness (QED) is 0.0272. The molecule has 0 heterocycles. The average molecular weight is 975 g/mol. The van der Waals surface area contributed by atoms with Crippen LogP contribution in [0.5, 0.6) is 0 Å². The number of hydrogen-bond acceptors (Lipinski definition) is 2. The van der Waals surface area contributed by atoms with E-state index in [0.29, 0.717) is 15.8 Å². The fourth-order valence-electron chi connectivity index (χ4n) is 6.36. The molecule has 0 atom stereocenters. The van der Waals surface area contributed by atoms with E-state index >= 15 is 0 Å². The van der Waals surface area contributed by atoms with E-state index in [0.717, 1.165) is 0 Å². The van der Waals surface area contributed by atoms with Gasteiger partial charge in [-0.15, -0.1) is 15.8 Å². The largest absolute Gasteiger partial charge is 2.00 e. The number of unbranched alkanes of at least 4 members (excludes halogenated alkanes) is 24. The fraction of sp³-hybridized carbons (Fsp3) is 0.953. The first kappa shape index (κ1) is 69.8. The van der Waals surface area contributed by atoms with E-state index < -0.39 is 14.5 Å². The molecule has 0 aliphatic rings. The zero-order chi connectivity index (χ0) is 44.3. The van der Waals surface area contributed by atoms with Crippen LogP contribution in [-0.2, 0) is 20.4 Å². The predicted molar refractivity (Wildman–Crippen MR) is 243 cm³/mol. The van der Waals surface area contributed by atoms with Gasteiger partial charge in [0.2, 0.25) is 0 Å². The van der Waals surface area contributed by atoms with Crippen LogP contribution in [0.3, 0.4) is 0 Å². The molecule has 0 aliphatic heterocycles. The molecule has 0 amide bonds. The van der Waals surface area contributed by atoms with Gasteiger partial charge in [0.25, 0.3) is 0 Å². The first-order valence-electron chi connectivity index (χ1n) is 22.9. The van der Waals surface area contributed by atoms with Gasteiger partial charge in [-0.1, -0.05) is 182 Å². The molecule has 0 aromatic rings. The minimum atomic E-state index is -6.00. The summed E-state index contributed by atoms with van der Waals surface area (Å²) in [6, 6.07) is 3.50.